The van der Waals surface area contributed by atoms with Gasteiger partial charge in [-0.2, -0.15) is 5.10 Å². The van der Waals surface area contributed by atoms with E-state index in [1.165, 1.54) is 5.56 Å². The number of methoxy groups -OCH3 is 1. The van der Waals surface area contributed by atoms with Crippen LogP contribution in [0.4, 0.5) is 0 Å². The van der Waals surface area contributed by atoms with Crippen molar-refractivity contribution in [2.75, 3.05) is 7.11 Å². The van der Waals surface area contributed by atoms with Crippen LogP contribution in [-0.4, -0.2) is 23.4 Å². The third-order valence-corrected chi connectivity index (χ3v) is 2.56. The molecule has 1 aromatic heterocycles. The van der Waals surface area contributed by atoms with Gasteiger partial charge in [0.1, 0.15) is 0 Å². The van der Waals surface area contributed by atoms with Crippen molar-refractivity contribution in [3.63, 3.8) is 0 Å². The second kappa shape index (κ2) is 11.6. The van der Waals surface area contributed by atoms with Gasteiger partial charge in [-0.05, 0) is 25.8 Å². The van der Waals surface area contributed by atoms with E-state index in [2.05, 4.69) is 24.0 Å². The Balaban J connectivity index is 0. The summed E-state index contributed by atoms with van der Waals surface area (Å²) < 4.78 is 5.31. The Bertz CT molecular complexity index is 265. The van der Waals surface area contributed by atoms with Gasteiger partial charge < -0.3 is 4.74 Å². The average molecular weight is 242 g/mol. The fraction of sp³-hybridized carbons (Fsp3) is 0.786. The SMILES string of the molecule is CC.CC.CCC(Cc1n[nH]c(C)c1C)OC. The van der Waals surface area contributed by atoms with E-state index in [1.54, 1.807) is 7.11 Å². The molecule has 17 heavy (non-hydrogen) atoms. The standard InChI is InChI=1S/C10H18N2O.2C2H6/c1-5-9(13-4)6-10-7(2)8(3)11-12-10;2*1-2/h9H,5-6H2,1-4H3,(H,11,12);2*1-2H3. The average Bonchev–Trinajstić information content (AvgIpc) is 2.72. The second-order valence-corrected chi connectivity index (χ2v) is 3.39. The van der Waals surface area contributed by atoms with Gasteiger partial charge in [-0.25, -0.2) is 0 Å². The summed E-state index contributed by atoms with van der Waals surface area (Å²) in [6.07, 6.45) is 2.23. The predicted molar refractivity (Wildman–Crippen MR) is 75.5 cm³/mol. The maximum Gasteiger partial charge on any atom is 0.0679 e. The fourth-order valence-corrected chi connectivity index (χ4v) is 1.34. The minimum absolute atomic E-state index is 0.293. The van der Waals surface area contributed by atoms with Crippen LogP contribution in [0.2, 0.25) is 0 Å². The van der Waals surface area contributed by atoms with Crippen molar-refractivity contribution in [1.82, 2.24) is 10.2 Å². The molecule has 1 atom stereocenters. The number of nitrogens with zero attached hydrogens (tertiary/aromatic N) is 1. The smallest absolute Gasteiger partial charge is 0.0679 e. The Hall–Kier alpha value is -0.830. The molecule has 0 saturated carbocycles. The zero-order valence-electron chi connectivity index (χ0n) is 12.8. The van der Waals surface area contributed by atoms with Crippen molar-refractivity contribution in [2.45, 2.75) is 67.4 Å². The molecule has 0 fully saturated rings. The molecule has 1 rings (SSSR count). The molecular formula is C14H30N2O. The number of aryl methyl sites for hydroxylation is 1. The molecule has 3 heteroatoms. The van der Waals surface area contributed by atoms with Gasteiger partial charge in [0.2, 0.25) is 0 Å². The number of hydrogen-bond donors (Lipinski definition) is 1. The molecule has 0 bridgehead atoms. The molecule has 0 aliphatic carbocycles. The first kappa shape index (κ1) is 18.5. The molecule has 0 aliphatic heterocycles. The summed E-state index contributed by atoms with van der Waals surface area (Å²) in [6.45, 7) is 14.3. The number of hydrogen-bond acceptors (Lipinski definition) is 2. The first-order valence-electron chi connectivity index (χ1n) is 6.72. The fourth-order valence-electron chi connectivity index (χ4n) is 1.34. The van der Waals surface area contributed by atoms with Gasteiger partial charge >= 0.3 is 0 Å². The van der Waals surface area contributed by atoms with Crippen molar-refractivity contribution in [2.24, 2.45) is 0 Å². The Labute approximate surface area is 107 Å². The van der Waals surface area contributed by atoms with Gasteiger partial charge in [0.05, 0.1) is 11.8 Å². The van der Waals surface area contributed by atoms with Gasteiger partial charge in [-0.1, -0.05) is 34.6 Å². The van der Waals surface area contributed by atoms with Crippen molar-refractivity contribution >= 4 is 0 Å². The van der Waals surface area contributed by atoms with E-state index < -0.39 is 0 Å². The minimum atomic E-state index is 0.293. The number of aromatic amines is 1. The zero-order chi connectivity index (χ0) is 13.8. The van der Waals surface area contributed by atoms with E-state index in [9.17, 15) is 0 Å². The molecule has 1 N–H and O–H groups in total. The first-order chi connectivity index (χ1) is 8.19. The van der Waals surface area contributed by atoms with Crippen LogP contribution in [0.3, 0.4) is 0 Å². The van der Waals surface area contributed by atoms with Crippen molar-refractivity contribution in [1.29, 1.82) is 0 Å². The maximum absolute atomic E-state index is 5.31. The lowest BCUT2D eigenvalue weighted by atomic mass is 10.1. The summed E-state index contributed by atoms with van der Waals surface area (Å²) in [6, 6.07) is 0. The number of nitrogens with one attached hydrogen (secondary N) is 1. The quantitative estimate of drug-likeness (QED) is 0.865. The third kappa shape index (κ3) is 6.47. The van der Waals surface area contributed by atoms with Gasteiger partial charge in [-0.3, -0.25) is 5.10 Å². The number of aromatic nitrogens is 2. The highest BCUT2D eigenvalue weighted by Gasteiger charge is 2.11. The van der Waals surface area contributed by atoms with Crippen molar-refractivity contribution in [3.8, 4) is 0 Å². The number of ether oxygens (including phenoxy) is 1. The van der Waals surface area contributed by atoms with Crippen LogP contribution in [0, 0.1) is 13.8 Å². The lowest BCUT2D eigenvalue weighted by Gasteiger charge is -2.11. The highest BCUT2D eigenvalue weighted by atomic mass is 16.5. The molecule has 0 radical (unpaired) electrons. The highest BCUT2D eigenvalue weighted by molar-refractivity contribution is 5.22. The van der Waals surface area contributed by atoms with Gasteiger partial charge in [0.25, 0.3) is 0 Å². The van der Waals surface area contributed by atoms with Crippen LogP contribution in [0.15, 0.2) is 0 Å². The molecule has 1 heterocycles. The van der Waals surface area contributed by atoms with Crippen LogP contribution in [0.1, 0.15) is 58.0 Å². The first-order valence-corrected chi connectivity index (χ1v) is 6.72. The Morgan fingerprint density at radius 1 is 1.18 bits per heavy atom. The van der Waals surface area contributed by atoms with Crippen LogP contribution in [0.5, 0.6) is 0 Å². The summed E-state index contributed by atoms with van der Waals surface area (Å²) in [5.74, 6) is 0. The molecule has 0 spiro atoms. The van der Waals surface area contributed by atoms with E-state index in [4.69, 9.17) is 4.74 Å². The molecule has 3 nitrogen and oxygen atoms in total. The molecule has 0 aliphatic rings. The predicted octanol–water partition coefficient (Wildman–Crippen LogP) is 4.05. The zero-order valence-corrected chi connectivity index (χ0v) is 12.8. The van der Waals surface area contributed by atoms with Gasteiger partial charge in [0.15, 0.2) is 0 Å². The Morgan fingerprint density at radius 2 is 1.71 bits per heavy atom. The molecule has 102 valence electrons. The van der Waals surface area contributed by atoms with Gasteiger partial charge in [-0.15, -0.1) is 0 Å². The van der Waals surface area contributed by atoms with E-state index in [0.29, 0.717) is 6.10 Å². The topological polar surface area (TPSA) is 37.9 Å². The van der Waals surface area contributed by atoms with Crippen LogP contribution in [-0.2, 0) is 11.2 Å². The van der Waals surface area contributed by atoms with Gasteiger partial charge in [0, 0.05) is 19.2 Å². The summed E-state index contributed by atoms with van der Waals surface area (Å²) in [5, 5.41) is 7.23. The van der Waals surface area contributed by atoms with Crippen LogP contribution >= 0.6 is 0 Å². The second-order valence-electron chi connectivity index (χ2n) is 3.39. The summed E-state index contributed by atoms with van der Waals surface area (Å²) in [7, 11) is 1.75. The monoisotopic (exact) mass is 242 g/mol. The summed E-state index contributed by atoms with van der Waals surface area (Å²) >= 11 is 0. The molecule has 0 saturated heterocycles. The Morgan fingerprint density at radius 3 is 2.00 bits per heavy atom. The number of H-pyrrole nitrogens is 1. The van der Waals surface area contributed by atoms with E-state index in [-0.39, 0.29) is 0 Å². The van der Waals surface area contributed by atoms with Crippen LogP contribution < -0.4 is 0 Å². The molecule has 0 amide bonds. The van der Waals surface area contributed by atoms with E-state index >= 15 is 0 Å². The third-order valence-electron chi connectivity index (χ3n) is 2.56. The minimum Gasteiger partial charge on any atom is -0.381 e. The summed E-state index contributed by atoms with van der Waals surface area (Å²) in [5.41, 5.74) is 3.54. The maximum atomic E-state index is 5.31. The van der Waals surface area contributed by atoms with Crippen molar-refractivity contribution < 1.29 is 4.74 Å². The molecule has 1 aromatic rings. The molecule has 0 aromatic carbocycles. The highest BCUT2D eigenvalue weighted by Crippen LogP contribution is 2.12. The molecular weight excluding hydrogens is 212 g/mol. The molecule has 1 unspecified atom stereocenters. The normalized spacial score (nSPS) is 10.8. The Kier molecular flexibility index (Phi) is 12.7. The lowest BCUT2D eigenvalue weighted by molar-refractivity contribution is 0.0988. The van der Waals surface area contributed by atoms with E-state index in [1.807, 2.05) is 34.6 Å². The summed E-state index contributed by atoms with van der Waals surface area (Å²) in [4.78, 5) is 0. The van der Waals surface area contributed by atoms with Crippen LogP contribution in [0.25, 0.3) is 0 Å². The van der Waals surface area contributed by atoms with E-state index in [0.717, 1.165) is 24.2 Å². The van der Waals surface area contributed by atoms with Crippen molar-refractivity contribution in [3.05, 3.63) is 17.0 Å². The lowest BCUT2D eigenvalue weighted by Crippen LogP contribution is -2.13. The number of rotatable bonds is 4. The largest absolute Gasteiger partial charge is 0.381 e.